The fraction of sp³-hybridized carbons (Fsp3) is 0.364. The van der Waals surface area contributed by atoms with Gasteiger partial charge in [0.05, 0.1) is 12.3 Å². The van der Waals surface area contributed by atoms with Gasteiger partial charge in [-0.15, -0.1) is 0 Å². The number of halogens is 1. The summed E-state index contributed by atoms with van der Waals surface area (Å²) in [5, 5.41) is 2.61. The van der Waals surface area contributed by atoms with Crippen LogP contribution >= 0.6 is 15.9 Å². The molecule has 1 aliphatic rings. The maximum Gasteiger partial charge on any atom is 0.235 e. The third kappa shape index (κ3) is 3.09. The van der Waals surface area contributed by atoms with Crippen LogP contribution in [0.1, 0.15) is 5.56 Å². The number of amides is 1. The molecule has 1 aromatic rings. The summed E-state index contributed by atoms with van der Waals surface area (Å²) in [6.07, 6.45) is 0. The number of carbonyl (C=O) groups excluding carboxylic acids is 1. The highest BCUT2D eigenvalue weighted by Crippen LogP contribution is 2.20. The first kappa shape index (κ1) is 13.5. The van der Waals surface area contributed by atoms with Crippen LogP contribution in [0.2, 0.25) is 0 Å². The van der Waals surface area contributed by atoms with E-state index < -0.39 is 10.0 Å². The second kappa shape index (κ2) is 5.38. The van der Waals surface area contributed by atoms with Crippen LogP contribution in [0.4, 0.5) is 0 Å². The molecule has 1 fully saturated rings. The van der Waals surface area contributed by atoms with E-state index in [9.17, 15) is 13.2 Å². The molecule has 0 unspecified atom stereocenters. The van der Waals surface area contributed by atoms with Crippen molar-refractivity contribution in [1.82, 2.24) is 9.62 Å². The van der Waals surface area contributed by atoms with Crippen molar-refractivity contribution in [2.24, 2.45) is 0 Å². The molecule has 1 amide bonds. The molecule has 5 nitrogen and oxygen atoms in total. The van der Waals surface area contributed by atoms with Gasteiger partial charge in [0.15, 0.2) is 0 Å². The number of hydrogen-bond donors (Lipinski definition) is 1. The fourth-order valence-electron chi connectivity index (χ4n) is 1.76. The SMILES string of the molecule is O=C1CN(S(=O)(=O)Cc2ccccc2Br)CCN1. The molecule has 0 radical (unpaired) electrons. The number of rotatable bonds is 3. The van der Waals surface area contributed by atoms with Crippen LogP contribution in [-0.2, 0) is 20.6 Å². The molecule has 1 heterocycles. The molecule has 1 aromatic carbocycles. The van der Waals surface area contributed by atoms with Gasteiger partial charge in [0.2, 0.25) is 15.9 Å². The summed E-state index contributed by atoms with van der Waals surface area (Å²) in [5.41, 5.74) is 0.698. The molecule has 7 heteroatoms. The van der Waals surface area contributed by atoms with E-state index in [0.29, 0.717) is 18.7 Å². The van der Waals surface area contributed by atoms with Crippen LogP contribution in [0.25, 0.3) is 0 Å². The van der Waals surface area contributed by atoms with E-state index in [-0.39, 0.29) is 18.2 Å². The molecule has 0 saturated carbocycles. The van der Waals surface area contributed by atoms with Gasteiger partial charge in [-0.25, -0.2) is 8.42 Å². The van der Waals surface area contributed by atoms with E-state index in [0.717, 1.165) is 4.47 Å². The minimum atomic E-state index is -3.45. The number of carbonyl (C=O) groups is 1. The first-order valence-electron chi connectivity index (χ1n) is 5.47. The Morgan fingerprint density at radius 2 is 2.06 bits per heavy atom. The van der Waals surface area contributed by atoms with Crippen LogP contribution in [-0.4, -0.2) is 38.3 Å². The maximum atomic E-state index is 12.2. The number of nitrogens with one attached hydrogen (secondary N) is 1. The second-order valence-corrected chi connectivity index (χ2v) is 6.85. The summed E-state index contributed by atoms with van der Waals surface area (Å²) < 4.78 is 26.3. The van der Waals surface area contributed by atoms with Crippen molar-refractivity contribution in [2.45, 2.75) is 5.75 Å². The molecule has 1 aliphatic heterocycles. The van der Waals surface area contributed by atoms with E-state index in [1.165, 1.54) is 4.31 Å². The Kier molecular flexibility index (Phi) is 4.04. The summed E-state index contributed by atoms with van der Waals surface area (Å²) in [4.78, 5) is 11.2. The Labute approximate surface area is 114 Å². The number of benzene rings is 1. The first-order valence-corrected chi connectivity index (χ1v) is 7.87. The van der Waals surface area contributed by atoms with E-state index in [2.05, 4.69) is 21.2 Å². The van der Waals surface area contributed by atoms with Gasteiger partial charge in [0.25, 0.3) is 0 Å². The minimum absolute atomic E-state index is 0.0905. The molecule has 0 aromatic heterocycles. The van der Waals surface area contributed by atoms with Gasteiger partial charge < -0.3 is 5.32 Å². The van der Waals surface area contributed by atoms with E-state index in [1.807, 2.05) is 6.07 Å². The summed E-state index contributed by atoms with van der Waals surface area (Å²) in [6.45, 7) is 0.610. The lowest BCUT2D eigenvalue weighted by atomic mass is 10.2. The fourth-order valence-corrected chi connectivity index (χ4v) is 3.88. The quantitative estimate of drug-likeness (QED) is 0.886. The van der Waals surface area contributed by atoms with Gasteiger partial charge in [-0.3, -0.25) is 4.79 Å². The number of piperazine rings is 1. The van der Waals surface area contributed by atoms with E-state index in [1.54, 1.807) is 18.2 Å². The highest BCUT2D eigenvalue weighted by Gasteiger charge is 2.27. The molecule has 2 rings (SSSR count). The van der Waals surface area contributed by atoms with Crippen LogP contribution in [0, 0.1) is 0 Å². The van der Waals surface area contributed by atoms with Crippen molar-refractivity contribution in [1.29, 1.82) is 0 Å². The standard InChI is InChI=1S/C11H13BrN2O3S/c12-10-4-2-1-3-9(10)8-18(16,17)14-6-5-13-11(15)7-14/h1-4H,5-8H2,(H,13,15). The molecule has 18 heavy (non-hydrogen) atoms. The zero-order valence-corrected chi connectivity index (χ0v) is 12.0. The Bertz CT molecular complexity index is 559. The molecular formula is C11H13BrN2O3S. The van der Waals surface area contributed by atoms with Gasteiger partial charge in [-0.05, 0) is 11.6 Å². The Morgan fingerprint density at radius 1 is 1.33 bits per heavy atom. The molecule has 1 saturated heterocycles. The summed E-state index contributed by atoms with van der Waals surface area (Å²) in [5.74, 6) is -0.348. The normalized spacial score (nSPS) is 17.5. The molecule has 0 spiro atoms. The lowest BCUT2D eigenvalue weighted by Gasteiger charge is -2.26. The third-order valence-corrected chi connectivity index (χ3v) is 5.24. The average Bonchev–Trinajstić information content (AvgIpc) is 2.32. The molecule has 0 atom stereocenters. The molecule has 98 valence electrons. The van der Waals surface area contributed by atoms with Crippen molar-refractivity contribution in [2.75, 3.05) is 19.6 Å². The zero-order valence-electron chi connectivity index (χ0n) is 9.60. The first-order chi connectivity index (χ1) is 8.49. The van der Waals surface area contributed by atoms with Crippen molar-refractivity contribution in [3.63, 3.8) is 0 Å². The second-order valence-electron chi connectivity index (χ2n) is 4.03. The van der Waals surface area contributed by atoms with Crippen molar-refractivity contribution in [3.05, 3.63) is 34.3 Å². The smallest absolute Gasteiger partial charge is 0.235 e. The summed E-state index contributed by atoms with van der Waals surface area (Å²) >= 11 is 3.32. The lowest BCUT2D eigenvalue weighted by Crippen LogP contribution is -2.50. The Morgan fingerprint density at radius 3 is 2.72 bits per heavy atom. The highest BCUT2D eigenvalue weighted by atomic mass is 79.9. The van der Waals surface area contributed by atoms with E-state index in [4.69, 9.17) is 0 Å². The van der Waals surface area contributed by atoms with Gasteiger partial charge in [0.1, 0.15) is 0 Å². The van der Waals surface area contributed by atoms with Crippen LogP contribution in [0.15, 0.2) is 28.7 Å². The number of sulfonamides is 1. The average molecular weight is 333 g/mol. The predicted octanol–water partition coefficient (Wildman–Crippen LogP) is 0.711. The van der Waals surface area contributed by atoms with Crippen molar-refractivity contribution in [3.8, 4) is 0 Å². The maximum absolute atomic E-state index is 12.2. The third-order valence-electron chi connectivity index (χ3n) is 2.69. The van der Waals surface area contributed by atoms with Crippen LogP contribution in [0.3, 0.4) is 0 Å². The Balaban J connectivity index is 2.17. The van der Waals surface area contributed by atoms with Gasteiger partial charge in [-0.1, -0.05) is 34.1 Å². The van der Waals surface area contributed by atoms with Gasteiger partial charge in [-0.2, -0.15) is 4.31 Å². The number of nitrogens with zero attached hydrogens (tertiary/aromatic N) is 1. The molecule has 0 bridgehead atoms. The molecular weight excluding hydrogens is 320 g/mol. The highest BCUT2D eigenvalue weighted by molar-refractivity contribution is 9.10. The summed E-state index contributed by atoms with van der Waals surface area (Å²) in [7, 11) is -3.45. The summed E-state index contributed by atoms with van der Waals surface area (Å²) in [6, 6.07) is 7.17. The van der Waals surface area contributed by atoms with Crippen LogP contribution < -0.4 is 5.32 Å². The van der Waals surface area contributed by atoms with Crippen molar-refractivity contribution < 1.29 is 13.2 Å². The molecule has 0 aliphatic carbocycles. The topological polar surface area (TPSA) is 66.5 Å². The monoisotopic (exact) mass is 332 g/mol. The largest absolute Gasteiger partial charge is 0.354 e. The Hall–Kier alpha value is -0.920. The van der Waals surface area contributed by atoms with Gasteiger partial charge in [0, 0.05) is 17.6 Å². The minimum Gasteiger partial charge on any atom is -0.354 e. The number of hydrogen-bond acceptors (Lipinski definition) is 3. The molecule has 1 N–H and O–H groups in total. The van der Waals surface area contributed by atoms with Gasteiger partial charge >= 0.3 is 0 Å². The zero-order chi connectivity index (χ0) is 13.2. The predicted molar refractivity (Wildman–Crippen MR) is 71.3 cm³/mol. The van der Waals surface area contributed by atoms with Crippen LogP contribution in [0.5, 0.6) is 0 Å². The van der Waals surface area contributed by atoms with E-state index >= 15 is 0 Å². The lowest BCUT2D eigenvalue weighted by molar-refractivity contribution is -0.122. The van der Waals surface area contributed by atoms with Crippen molar-refractivity contribution >= 4 is 31.9 Å².